The molecule has 0 saturated carbocycles. The normalized spacial score (nSPS) is 24.1. The number of nitrogens with zero attached hydrogens (tertiary/aromatic N) is 1. The number of halogens is 1. The molecule has 1 aromatic carbocycles. The first-order valence-corrected chi connectivity index (χ1v) is 5.89. The molecule has 0 radical (unpaired) electrons. The van der Waals surface area contributed by atoms with Gasteiger partial charge in [-0.3, -0.25) is 4.79 Å². The van der Waals surface area contributed by atoms with E-state index in [1.54, 1.807) is 6.07 Å². The van der Waals surface area contributed by atoms with Crippen LogP contribution in [-0.2, 0) is 4.79 Å². The van der Waals surface area contributed by atoms with Gasteiger partial charge < -0.3 is 10.4 Å². The lowest BCUT2D eigenvalue weighted by Gasteiger charge is -1.97. The van der Waals surface area contributed by atoms with Gasteiger partial charge in [0.15, 0.2) is 0 Å². The van der Waals surface area contributed by atoms with Gasteiger partial charge in [0.2, 0.25) is 0 Å². The van der Waals surface area contributed by atoms with Crippen LogP contribution in [0.1, 0.15) is 6.42 Å². The summed E-state index contributed by atoms with van der Waals surface area (Å²) in [5.41, 5.74) is 0.453. The van der Waals surface area contributed by atoms with Crippen molar-refractivity contribution in [3.8, 4) is 11.8 Å². The molecular weight excluding hydrogens is 264 g/mol. The third kappa shape index (κ3) is 2.69. The van der Waals surface area contributed by atoms with Gasteiger partial charge >= 0.3 is 0 Å². The van der Waals surface area contributed by atoms with Crippen molar-refractivity contribution in [3.05, 3.63) is 34.8 Å². The highest BCUT2D eigenvalue weighted by Crippen LogP contribution is 2.06. The number of amides is 1. The number of carbonyl (C=O) groups is 1. The van der Waals surface area contributed by atoms with Crippen molar-refractivity contribution in [1.29, 1.82) is 0 Å². The van der Waals surface area contributed by atoms with E-state index < -0.39 is 0 Å². The Labute approximate surface area is 116 Å². The van der Waals surface area contributed by atoms with Crippen LogP contribution in [0.15, 0.2) is 29.3 Å². The molecule has 1 fully saturated rings. The molecule has 3 rings (SSSR count). The molecule has 0 aliphatic carbocycles. The molecule has 98 valence electrons. The van der Waals surface area contributed by atoms with E-state index in [2.05, 4.69) is 22.2 Å². The minimum atomic E-state index is -0.342. The maximum Gasteiger partial charge on any atom is 0.286 e. The molecule has 0 spiro atoms. The van der Waals surface area contributed by atoms with E-state index in [0.29, 0.717) is 23.9 Å². The summed E-state index contributed by atoms with van der Waals surface area (Å²) >= 11 is 0. The molecule has 2 N–H and O–H groups in total. The molecule has 2 aliphatic heterocycles. The summed E-state index contributed by atoms with van der Waals surface area (Å²) in [4.78, 5) is 15.7. The fourth-order valence-electron chi connectivity index (χ4n) is 2.17. The average Bonchev–Trinajstić information content (AvgIpc) is 2.90. The monoisotopic (exact) mass is 276 g/mol. The number of fused-ring (bicyclic) bond motifs is 1. The van der Waals surface area contributed by atoms with Gasteiger partial charge in [-0.2, -0.15) is 0 Å². The molecule has 1 aromatic rings. The lowest BCUT2D eigenvalue weighted by atomic mass is 10.1. The Morgan fingerprint density at radius 1 is 1.37 bits per heavy atom. The van der Waals surface area contributed by atoms with Crippen molar-refractivity contribution in [2.45, 2.75) is 18.6 Å². The lowest BCUT2D eigenvalue weighted by molar-refractivity contribution is -0.112. The summed E-state index contributed by atoms with van der Waals surface area (Å²) in [6.45, 7) is 0.559. The number of aliphatic hydroxyl groups is 1. The van der Waals surface area contributed by atoms with Gasteiger partial charge in [0.25, 0.3) is 5.91 Å². The molecule has 2 heterocycles. The zero-order chi connectivity index (χ0) is 12.5. The summed E-state index contributed by atoms with van der Waals surface area (Å²) in [6.07, 6.45) is 0.262. The smallest absolute Gasteiger partial charge is 0.286 e. The summed E-state index contributed by atoms with van der Waals surface area (Å²) < 4.78 is 0. The highest BCUT2D eigenvalue weighted by Gasteiger charge is 2.20. The summed E-state index contributed by atoms with van der Waals surface area (Å²) in [7, 11) is 0. The Hall–Kier alpha value is -1.67. The van der Waals surface area contributed by atoms with Crippen molar-refractivity contribution in [2.24, 2.45) is 4.99 Å². The van der Waals surface area contributed by atoms with E-state index in [1.165, 1.54) is 0 Å². The third-order valence-corrected chi connectivity index (χ3v) is 3.09. The van der Waals surface area contributed by atoms with Crippen LogP contribution in [0.4, 0.5) is 0 Å². The number of benzene rings is 1. The van der Waals surface area contributed by atoms with E-state index in [1.807, 2.05) is 18.2 Å². The largest absolute Gasteiger partial charge is 0.392 e. The molecule has 0 unspecified atom stereocenters. The van der Waals surface area contributed by atoms with Gasteiger partial charge in [-0.05, 0) is 6.07 Å². The number of aliphatic hydroxyl groups excluding tert-OH is 1. The SMILES string of the molecule is Cl.O=C1N=c2ccccc2=C1C#C[C@@H]1C[C@@H](O)CN1. The van der Waals surface area contributed by atoms with Gasteiger partial charge in [0.05, 0.1) is 17.5 Å². The summed E-state index contributed by atoms with van der Waals surface area (Å²) in [6, 6.07) is 7.32. The fraction of sp³-hybridized carbons (Fsp3) is 0.286. The topological polar surface area (TPSA) is 61.7 Å². The van der Waals surface area contributed by atoms with Crippen LogP contribution in [0, 0.1) is 11.8 Å². The standard InChI is InChI=1S/C14H12N2O2.ClH/c17-10-7-9(15-8-10)5-6-12-11-3-1-2-4-13(11)16-14(12)18;/h1-4,9-10,15,17H,7-8H2;1H/t9-,10-;/m1./s1. The summed E-state index contributed by atoms with van der Waals surface area (Å²) in [5.74, 6) is 5.61. The fourth-order valence-corrected chi connectivity index (χ4v) is 2.17. The Morgan fingerprint density at radius 2 is 2.16 bits per heavy atom. The second-order valence-electron chi connectivity index (χ2n) is 4.43. The number of carbonyl (C=O) groups excluding carboxylic acids is 1. The van der Waals surface area contributed by atoms with Gasteiger partial charge in [-0.15, -0.1) is 12.4 Å². The average molecular weight is 277 g/mol. The van der Waals surface area contributed by atoms with Crippen LogP contribution >= 0.6 is 12.4 Å². The van der Waals surface area contributed by atoms with Crippen molar-refractivity contribution in [3.63, 3.8) is 0 Å². The molecule has 4 nitrogen and oxygen atoms in total. The van der Waals surface area contributed by atoms with Crippen LogP contribution in [0.25, 0.3) is 5.57 Å². The Kier molecular flexibility index (Phi) is 4.01. The van der Waals surface area contributed by atoms with Crippen molar-refractivity contribution >= 4 is 23.9 Å². The van der Waals surface area contributed by atoms with Crippen LogP contribution in [-0.4, -0.2) is 29.7 Å². The number of hydrogen-bond donors (Lipinski definition) is 2. The summed E-state index contributed by atoms with van der Waals surface area (Å²) in [5, 5.41) is 14.0. The predicted molar refractivity (Wildman–Crippen MR) is 73.1 cm³/mol. The minimum absolute atomic E-state index is 0. The van der Waals surface area contributed by atoms with Gasteiger partial charge in [-0.1, -0.05) is 30.0 Å². The van der Waals surface area contributed by atoms with E-state index in [9.17, 15) is 9.90 Å². The molecular formula is C14H13ClN2O2. The number of β-amino-alcohol motifs (C(OH)–C–C–N with tert-alkyl or cyclic N) is 1. The first-order valence-electron chi connectivity index (χ1n) is 5.89. The van der Waals surface area contributed by atoms with Crippen molar-refractivity contribution in [2.75, 3.05) is 6.54 Å². The number of nitrogens with one attached hydrogen (secondary N) is 1. The Balaban J connectivity index is 0.00000133. The minimum Gasteiger partial charge on any atom is -0.392 e. The first kappa shape index (κ1) is 13.8. The van der Waals surface area contributed by atoms with Crippen molar-refractivity contribution in [1.82, 2.24) is 5.32 Å². The third-order valence-electron chi connectivity index (χ3n) is 3.09. The number of para-hydroxylation sites is 1. The van der Waals surface area contributed by atoms with Gasteiger partial charge in [0.1, 0.15) is 5.57 Å². The highest BCUT2D eigenvalue weighted by atomic mass is 35.5. The maximum atomic E-state index is 11.7. The van der Waals surface area contributed by atoms with Crippen LogP contribution in [0.3, 0.4) is 0 Å². The van der Waals surface area contributed by atoms with E-state index in [0.717, 1.165) is 5.22 Å². The number of rotatable bonds is 0. The van der Waals surface area contributed by atoms with Crippen LogP contribution in [0.5, 0.6) is 0 Å². The van der Waals surface area contributed by atoms with Crippen LogP contribution < -0.4 is 15.9 Å². The van der Waals surface area contributed by atoms with E-state index >= 15 is 0 Å². The first-order chi connectivity index (χ1) is 8.74. The highest BCUT2D eigenvalue weighted by molar-refractivity contribution is 6.21. The zero-order valence-electron chi connectivity index (χ0n) is 10.1. The molecule has 2 atom stereocenters. The van der Waals surface area contributed by atoms with Crippen molar-refractivity contribution < 1.29 is 9.90 Å². The maximum absolute atomic E-state index is 11.7. The predicted octanol–water partition coefficient (Wildman–Crippen LogP) is -0.855. The Bertz CT molecular complexity index is 687. The molecule has 19 heavy (non-hydrogen) atoms. The van der Waals surface area contributed by atoms with Gasteiger partial charge in [-0.25, -0.2) is 4.99 Å². The molecule has 0 aromatic heterocycles. The number of hydrogen-bond acceptors (Lipinski definition) is 3. The second-order valence-corrected chi connectivity index (χ2v) is 4.43. The molecule has 2 aliphatic rings. The van der Waals surface area contributed by atoms with Gasteiger partial charge in [0, 0.05) is 18.2 Å². The lowest BCUT2D eigenvalue weighted by Crippen LogP contribution is -2.22. The quantitative estimate of drug-likeness (QED) is 0.607. The van der Waals surface area contributed by atoms with E-state index in [-0.39, 0.29) is 30.5 Å². The molecule has 1 saturated heterocycles. The molecule has 5 heteroatoms. The molecule has 0 bridgehead atoms. The van der Waals surface area contributed by atoms with Crippen LogP contribution in [0.2, 0.25) is 0 Å². The van der Waals surface area contributed by atoms with E-state index in [4.69, 9.17) is 0 Å². The second kappa shape index (κ2) is 5.54. The zero-order valence-corrected chi connectivity index (χ0v) is 10.9. The Morgan fingerprint density at radius 3 is 2.89 bits per heavy atom. The molecule has 1 amide bonds.